The molecule has 4 heteroatoms. The molecular weight excluding hydrogens is 248 g/mol. The van der Waals surface area contributed by atoms with E-state index in [0.717, 1.165) is 4.88 Å². The van der Waals surface area contributed by atoms with E-state index in [0.29, 0.717) is 22.5 Å². The fourth-order valence-electron chi connectivity index (χ4n) is 1.80. The quantitative estimate of drug-likeness (QED) is 0.706. The highest BCUT2D eigenvalue weighted by atomic mass is 32.1. The van der Waals surface area contributed by atoms with Gasteiger partial charge < -0.3 is 9.15 Å². The van der Waals surface area contributed by atoms with Gasteiger partial charge in [-0.2, -0.15) is 0 Å². The minimum atomic E-state index is -0.0569. The van der Waals surface area contributed by atoms with Crippen molar-refractivity contribution >= 4 is 22.3 Å². The lowest BCUT2D eigenvalue weighted by atomic mass is 10.2. The summed E-state index contributed by atoms with van der Waals surface area (Å²) < 4.78 is 10.8. The lowest BCUT2D eigenvalue weighted by Crippen LogP contribution is -2.00. The molecule has 0 aliphatic carbocycles. The third-order valence-corrected chi connectivity index (χ3v) is 3.58. The van der Waals surface area contributed by atoms with Gasteiger partial charge in [0.15, 0.2) is 5.43 Å². The molecule has 18 heavy (non-hydrogen) atoms. The fourth-order valence-corrected chi connectivity index (χ4v) is 2.48. The van der Waals surface area contributed by atoms with Crippen LogP contribution < -0.4 is 10.2 Å². The van der Waals surface area contributed by atoms with Crippen LogP contribution in [-0.4, -0.2) is 7.11 Å². The Morgan fingerprint density at radius 2 is 2.11 bits per heavy atom. The van der Waals surface area contributed by atoms with Crippen LogP contribution in [0.4, 0.5) is 0 Å². The van der Waals surface area contributed by atoms with Gasteiger partial charge in [0.05, 0.1) is 17.4 Å². The van der Waals surface area contributed by atoms with Gasteiger partial charge in [-0.3, -0.25) is 4.79 Å². The van der Waals surface area contributed by atoms with E-state index in [4.69, 9.17) is 9.15 Å². The Kier molecular flexibility index (Phi) is 2.64. The fraction of sp³-hybridized carbons (Fsp3) is 0.0714. The summed E-state index contributed by atoms with van der Waals surface area (Å²) in [5.41, 5.74) is 0.519. The molecule has 0 bridgehead atoms. The predicted octanol–water partition coefficient (Wildman–Crippen LogP) is 3.53. The molecule has 3 rings (SSSR count). The molecule has 0 unspecified atom stereocenters. The SMILES string of the molecule is COc1ccc2oc(-c3cccs3)cc(=O)c2c1. The third kappa shape index (κ3) is 1.80. The maximum Gasteiger partial charge on any atom is 0.193 e. The zero-order chi connectivity index (χ0) is 12.5. The minimum absolute atomic E-state index is 0.0569. The van der Waals surface area contributed by atoms with Crippen molar-refractivity contribution in [2.45, 2.75) is 0 Å². The lowest BCUT2D eigenvalue weighted by molar-refractivity contribution is 0.415. The highest BCUT2D eigenvalue weighted by molar-refractivity contribution is 7.13. The molecule has 0 aliphatic heterocycles. The van der Waals surface area contributed by atoms with Crippen molar-refractivity contribution in [1.29, 1.82) is 0 Å². The zero-order valence-corrected chi connectivity index (χ0v) is 10.5. The van der Waals surface area contributed by atoms with Gasteiger partial charge in [0.25, 0.3) is 0 Å². The molecule has 0 fully saturated rings. The number of ether oxygens (including phenoxy) is 1. The van der Waals surface area contributed by atoms with E-state index in [2.05, 4.69) is 0 Å². The number of methoxy groups -OCH3 is 1. The largest absolute Gasteiger partial charge is 0.497 e. The monoisotopic (exact) mass is 258 g/mol. The van der Waals surface area contributed by atoms with Crippen molar-refractivity contribution in [3.05, 3.63) is 52.0 Å². The highest BCUT2D eigenvalue weighted by Crippen LogP contribution is 2.27. The van der Waals surface area contributed by atoms with Crippen molar-refractivity contribution in [3.63, 3.8) is 0 Å². The second-order valence-electron chi connectivity index (χ2n) is 3.81. The average Bonchev–Trinajstić information content (AvgIpc) is 2.92. The first-order valence-corrected chi connectivity index (χ1v) is 6.31. The molecule has 1 aromatic carbocycles. The summed E-state index contributed by atoms with van der Waals surface area (Å²) in [5, 5.41) is 2.49. The van der Waals surface area contributed by atoms with E-state index in [1.54, 1.807) is 36.6 Å². The van der Waals surface area contributed by atoms with E-state index in [-0.39, 0.29) is 5.43 Å². The van der Waals surface area contributed by atoms with Crippen molar-refractivity contribution in [1.82, 2.24) is 0 Å². The minimum Gasteiger partial charge on any atom is -0.497 e. The summed E-state index contributed by atoms with van der Waals surface area (Å²) in [6.45, 7) is 0. The molecule has 0 atom stereocenters. The van der Waals surface area contributed by atoms with Crippen LogP contribution in [0.5, 0.6) is 5.75 Å². The standard InChI is InChI=1S/C14H10O3S/c1-16-9-4-5-12-10(7-9)11(15)8-13(17-12)14-3-2-6-18-14/h2-8H,1H3. The van der Waals surface area contributed by atoms with E-state index >= 15 is 0 Å². The van der Waals surface area contributed by atoms with Gasteiger partial charge in [0, 0.05) is 6.07 Å². The number of fused-ring (bicyclic) bond motifs is 1. The summed E-state index contributed by atoms with van der Waals surface area (Å²) in [4.78, 5) is 13.0. The first-order valence-electron chi connectivity index (χ1n) is 5.44. The number of hydrogen-bond acceptors (Lipinski definition) is 4. The Balaban J connectivity index is 2.26. The molecule has 0 aliphatic rings. The molecule has 0 radical (unpaired) electrons. The number of hydrogen-bond donors (Lipinski definition) is 0. The van der Waals surface area contributed by atoms with Crippen LogP contribution in [0, 0.1) is 0 Å². The molecule has 0 saturated heterocycles. The van der Waals surface area contributed by atoms with Crippen LogP contribution in [0.3, 0.4) is 0 Å². The van der Waals surface area contributed by atoms with Crippen LogP contribution in [0.25, 0.3) is 21.6 Å². The van der Waals surface area contributed by atoms with E-state index in [9.17, 15) is 4.79 Å². The summed E-state index contributed by atoms with van der Waals surface area (Å²) in [7, 11) is 1.57. The predicted molar refractivity (Wildman–Crippen MR) is 72.3 cm³/mol. The Morgan fingerprint density at radius 3 is 2.83 bits per heavy atom. The van der Waals surface area contributed by atoms with Gasteiger partial charge in [0.1, 0.15) is 17.1 Å². The van der Waals surface area contributed by atoms with E-state index in [1.807, 2.05) is 17.5 Å². The van der Waals surface area contributed by atoms with Crippen LogP contribution in [0.15, 0.2) is 51.0 Å². The summed E-state index contributed by atoms with van der Waals surface area (Å²) >= 11 is 1.54. The molecular formula is C14H10O3S. The molecule has 90 valence electrons. The molecule has 0 saturated carbocycles. The Hall–Kier alpha value is -2.07. The third-order valence-electron chi connectivity index (χ3n) is 2.70. The topological polar surface area (TPSA) is 39.4 Å². The second kappa shape index (κ2) is 4.31. The van der Waals surface area contributed by atoms with Crippen molar-refractivity contribution < 1.29 is 9.15 Å². The maximum absolute atomic E-state index is 12.1. The van der Waals surface area contributed by atoms with E-state index < -0.39 is 0 Å². The van der Waals surface area contributed by atoms with Gasteiger partial charge in [-0.05, 0) is 29.6 Å². The summed E-state index contributed by atoms with van der Waals surface area (Å²) in [6, 6.07) is 10.6. The second-order valence-corrected chi connectivity index (χ2v) is 4.76. The van der Waals surface area contributed by atoms with Crippen molar-refractivity contribution in [3.8, 4) is 16.4 Å². The van der Waals surface area contributed by atoms with E-state index in [1.165, 1.54) is 6.07 Å². The van der Waals surface area contributed by atoms with Crippen molar-refractivity contribution in [2.75, 3.05) is 7.11 Å². The van der Waals surface area contributed by atoms with Gasteiger partial charge >= 0.3 is 0 Å². The van der Waals surface area contributed by atoms with Gasteiger partial charge in [-0.25, -0.2) is 0 Å². The maximum atomic E-state index is 12.1. The van der Waals surface area contributed by atoms with Gasteiger partial charge in [-0.1, -0.05) is 6.07 Å². The van der Waals surface area contributed by atoms with Gasteiger partial charge in [-0.15, -0.1) is 11.3 Å². The zero-order valence-electron chi connectivity index (χ0n) is 9.67. The van der Waals surface area contributed by atoms with Crippen molar-refractivity contribution in [2.24, 2.45) is 0 Å². The number of benzene rings is 1. The number of rotatable bonds is 2. The lowest BCUT2D eigenvalue weighted by Gasteiger charge is -2.03. The molecule has 0 amide bonds. The van der Waals surface area contributed by atoms with Crippen LogP contribution in [-0.2, 0) is 0 Å². The Bertz CT molecular complexity index is 741. The van der Waals surface area contributed by atoms with Gasteiger partial charge in [0.2, 0.25) is 0 Å². The summed E-state index contributed by atoms with van der Waals surface area (Å²) in [6.07, 6.45) is 0. The highest BCUT2D eigenvalue weighted by Gasteiger charge is 2.08. The van der Waals surface area contributed by atoms with Crippen LogP contribution in [0.2, 0.25) is 0 Å². The Morgan fingerprint density at radius 1 is 1.22 bits per heavy atom. The first kappa shape index (κ1) is 11.0. The van der Waals surface area contributed by atoms with Crippen LogP contribution >= 0.6 is 11.3 Å². The molecule has 0 spiro atoms. The molecule has 3 aromatic rings. The Labute approximate surface area is 107 Å². The average molecular weight is 258 g/mol. The molecule has 2 heterocycles. The van der Waals surface area contributed by atoms with Crippen LogP contribution in [0.1, 0.15) is 0 Å². The normalized spacial score (nSPS) is 10.7. The molecule has 3 nitrogen and oxygen atoms in total. The smallest absolute Gasteiger partial charge is 0.193 e. The first-order chi connectivity index (χ1) is 8.78. The molecule has 2 aromatic heterocycles. The molecule has 0 N–H and O–H groups in total. The number of thiophene rings is 1. The summed E-state index contributed by atoms with van der Waals surface area (Å²) in [5.74, 6) is 1.26.